The van der Waals surface area contributed by atoms with Crippen LogP contribution < -0.4 is 5.73 Å². The van der Waals surface area contributed by atoms with E-state index < -0.39 is 0 Å². The molecule has 0 aliphatic rings. The zero-order chi connectivity index (χ0) is 14.8. The lowest BCUT2D eigenvalue weighted by Gasteiger charge is -2.00. The maximum atomic E-state index is 5.87. The number of tetrazole rings is 1. The molecule has 0 saturated carbocycles. The summed E-state index contributed by atoms with van der Waals surface area (Å²) in [4.78, 5) is 6.88. The molecule has 0 fully saturated rings. The van der Waals surface area contributed by atoms with Gasteiger partial charge in [0.15, 0.2) is 5.13 Å². The van der Waals surface area contributed by atoms with Crippen LogP contribution in [0.4, 0.5) is 5.13 Å². The molecule has 2 heterocycles. The first kappa shape index (κ1) is 13.7. The molecule has 2 N–H and O–H groups in total. The first-order valence-corrected chi connectivity index (χ1v) is 7.55. The summed E-state index contributed by atoms with van der Waals surface area (Å²) in [7, 11) is 0. The van der Waals surface area contributed by atoms with E-state index in [-0.39, 0.29) is 0 Å². The maximum Gasteiger partial charge on any atom is 0.217 e. The summed E-state index contributed by atoms with van der Waals surface area (Å²) in [6, 6.07) is 9.90. The van der Waals surface area contributed by atoms with Gasteiger partial charge in [-0.25, -0.2) is 4.98 Å². The molecule has 0 radical (unpaired) electrons. The molecule has 0 aliphatic heterocycles. The van der Waals surface area contributed by atoms with E-state index in [2.05, 4.69) is 34.2 Å². The number of benzene rings is 1. The molecule has 0 bridgehead atoms. The minimum Gasteiger partial charge on any atom is -0.375 e. The van der Waals surface area contributed by atoms with Gasteiger partial charge in [0.2, 0.25) is 5.82 Å². The third-order valence-corrected chi connectivity index (χ3v) is 3.76. The largest absolute Gasteiger partial charge is 0.375 e. The van der Waals surface area contributed by atoms with Gasteiger partial charge in [-0.05, 0) is 11.1 Å². The Labute approximate surface area is 126 Å². The van der Waals surface area contributed by atoms with Gasteiger partial charge in [-0.1, -0.05) is 55.5 Å². The van der Waals surface area contributed by atoms with Crippen LogP contribution in [0.15, 0.2) is 30.3 Å². The smallest absolute Gasteiger partial charge is 0.217 e. The van der Waals surface area contributed by atoms with Crippen molar-refractivity contribution in [2.75, 3.05) is 5.73 Å². The van der Waals surface area contributed by atoms with Gasteiger partial charge in [0.05, 0.1) is 12.2 Å². The van der Waals surface area contributed by atoms with Gasteiger partial charge in [-0.2, -0.15) is 4.80 Å². The lowest BCUT2D eigenvalue weighted by molar-refractivity contribution is 0.430. The summed E-state index contributed by atoms with van der Waals surface area (Å²) >= 11 is 1.38. The Bertz CT molecular complexity index is 731. The van der Waals surface area contributed by atoms with E-state index in [0.717, 1.165) is 22.7 Å². The lowest BCUT2D eigenvalue weighted by Crippen LogP contribution is -2.07. The molecule has 6 nitrogen and oxygen atoms in total. The zero-order valence-corrected chi connectivity index (χ0v) is 12.7. The van der Waals surface area contributed by atoms with Crippen LogP contribution in [0, 0.1) is 5.92 Å². The topological polar surface area (TPSA) is 82.5 Å². The fourth-order valence-corrected chi connectivity index (χ4v) is 2.80. The average Bonchev–Trinajstić information content (AvgIpc) is 3.05. The molecule has 0 spiro atoms. The highest BCUT2D eigenvalue weighted by atomic mass is 32.1. The van der Waals surface area contributed by atoms with E-state index in [0.29, 0.717) is 16.9 Å². The van der Waals surface area contributed by atoms with Crippen molar-refractivity contribution < 1.29 is 0 Å². The van der Waals surface area contributed by atoms with E-state index >= 15 is 0 Å². The highest BCUT2D eigenvalue weighted by Gasteiger charge is 2.18. The Kier molecular flexibility index (Phi) is 3.66. The Morgan fingerprint density at radius 3 is 2.71 bits per heavy atom. The molecular weight excluding hydrogens is 284 g/mol. The molecule has 1 aromatic carbocycles. The lowest BCUT2D eigenvalue weighted by atomic mass is 10.1. The average molecular weight is 300 g/mol. The highest BCUT2D eigenvalue weighted by molar-refractivity contribution is 7.19. The standard InChI is InChI=1S/C14H16N6S/c1-9(2)8-20-18-13(17-19-20)12-11(16-14(15)21-12)10-6-4-3-5-7-10/h3-7,9H,8H2,1-2H3,(H2,15,16). The summed E-state index contributed by atoms with van der Waals surface area (Å²) in [5.41, 5.74) is 7.67. The molecule has 0 saturated heterocycles. The fraction of sp³-hybridized carbons (Fsp3) is 0.286. The minimum absolute atomic E-state index is 0.465. The first-order chi connectivity index (χ1) is 10.1. The van der Waals surface area contributed by atoms with Crippen molar-refractivity contribution in [3.63, 3.8) is 0 Å². The van der Waals surface area contributed by atoms with Crippen molar-refractivity contribution in [3.05, 3.63) is 30.3 Å². The molecular formula is C14H16N6S. The van der Waals surface area contributed by atoms with Crippen LogP contribution in [0.1, 0.15) is 13.8 Å². The van der Waals surface area contributed by atoms with Crippen molar-refractivity contribution in [2.24, 2.45) is 5.92 Å². The Morgan fingerprint density at radius 1 is 1.24 bits per heavy atom. The molecule has 0 amide bonds. The number of aromatic nitrogens is 5. The molecule has 0 aliphatic carbocycles. The maximum absolute atomic E-state index is 5.87. The number of nitrogen functional groups attached to an aromatic ring is 1. The minimum atomic E-state index is 0.465. The molecule has 0 unspecified atom stereocenters. The van der Waals surface area contributed by atoms with Crippen LogP contribution in [0.25, 0.3) is 22.0 Å². The third-order valence-electron chi connectivity index (χ3n) is 2.88. The Morgan fingerprint density at radius 2 is 2.00 bits per heavy atom. The van der Waals surface area contributed by atoms with Gasteiger partial charge < -0.3 is 5.73 Å². The van der Waals surface area contributed by atoms with Crippen molar-refractivity contribution in [3.8, 4) is 22.0 Å². The number of rotatable bonds is 4. The van der Waals surface area contributed by atoms with Crippen molar-refractivity contribution in [2.45, 2.75) is 20.4 Å². The van der Waals surface area contributed by atoms with Gasteiger partial charge in [0, 0.05) is 5.56 Å². The number of anilines is 1. The second kappa shape index (κ2) is 5.61. The van der Waals surface area contributed by atoms with Gasteiger partial charge in [-0.15, -0.1) is 10.2 Å². The number of hydrogen-bond donors (Lipinski definition) is 1. The van der Waals surface area contributed by atoms with Crippen molar-refractivity contribution in [1.29, 1.82) is 0 Å². The van der Waals surface area contributed by atoms with Gasteiger partial charge in [-0.3, -0.25) is 0 Å². The second-order valence-corrected chi connectivity index (χ2v) is 6.19. The molecule has 3 aromatic rings. The van der Waals surface area contributed by atoms with Gasteiger partial charge >= 0.3 is 0 Å². The van der Waals surface area contributed by atoms with E-state index in [9.17, 15) is 0 Å². The van der Waals surface area contributed by atoms with Gasteiger partial charge in [0.25, 0.3) is 0 Å². The Balaban J connectivity index is 2.01. The Hall–Kier alpha value is -2.28. The molecule has 108 valence electrons. The van der Waals surface area contributed by atoms with E-state index in [1.54, 1.807) is 4.80 Å². The van der Waals surface area contributed by atoms with E-state index in [1.807, 2.05) is 30.3 Å². The molecule has 3 rings (SSSR count). The first-order valence-electron chi connectivity index (χ1n) is 6.73. The monoisotopic (exact) mass is 300 g/mol. The molecule has 0 atom stereocenters. The predicted molar refractivity (Wildman–Crippen MR) is 83.6 cm³/mol. The van der Waals surface area contributed by atoms with Crippen LogP contribution in [0.2, 0.25) is 0 Å². The van der Waals surface area contributed by atoms with Crippen LogP contribution in [-0.4, -0.2) is 25.2 Å². The molecule has 2 aromatic heterocycles. The van der Waals surface area contributed by atoms with Crippen LogP contribution in [0.5, 0.6) is 0 Å². The summed E-state index contributed by atoms with van der Waals surface area (Å²) in [5.74, 6) is 1.04. The van der Waals surface area contributed by atoms with Crippen LogP contribution >= 0.6 is 11.3 Å². The summed E-state index contributed by atoms with van der Waals surface area (Å²) in [6.07, 6.45) is 0. The predicted octanol–water partition coefficient (Wildman–Crippen LogP) is 2.70. The number of nitrogens with zero attached hydrogens (tertiary/aromatic N) is 5. The molecule has 7 heteroatoms. The van der Waals surface area contributed by atoms with Crippen molar-refractivity contribution >= 4 is 16.5 Å². The van der Waals surface area contributed by atoms with Gasteiger partial charge in [0.1, 0.15) is 4.88 Å². The van der Waals surface area contributed by atoms with Crippen molar-refractivity contribution in [1.82, 2.24) is 25.2 Å². The summed E-state index contributed by atoms with van der Waals surface area (Å²) < 4.78 is 0. The van der Waals surface area contributed by atoms with Crippen LogP contribution in [-0.2, 0) is 6.54 Å². The number of thiazole rings is 1. The number of nitrogens with two attached hydrogens (primary N) is 1. The van der Waals surface area contributed by atoms with E-state index in [1.165, 1.54) is 11.3 Å². The third kappa shape index (κ3) is 2.92. The molecule has 21 heavy (non-hydrogen) atoms. The SMILES string of the molecule is CC(C)Cn1nnc(-c2sc(N)nc2-c2ccccc2)n1. The van der Waals surface area contributed by atoms with E-state index in [4.69, 9.17) is 5.73 Å². The quantitative estimate of drug-likeness (QED) is 0.801. The fourth-order valence-electron chi connectivity index (χ4n) is 2.02. The van der Waals surface area contributed by atoms with Crippen LogP contribution in [0.3, 0.4) is 0 Å². The summed E-state index contributed by atoms with van der Waals surface area (Å²) in [6.45, 7) is 4.97. The highest BCUT2D eigenvalue weighted by Crippen LogP contribution is 2.35. The summed E-state index contributed by atoms with van der Waals surface area (Å²) in [5, 5.41) is 13.2. The second-order valence-electron chi connectivity index (χ2n) is 5.16. The number of hydrogen-bond acceptors (Lipinski definition) is 6. The normalized spacial score (nSPS) is 11.2. The zero-order valence-electron chi connectivity index (χ0n) is 11.9.